The van der Waals surface area contributed by atoms with E-state index in [1.54, 1.807) is 23.0 Å². The Kier molecular flexibility index (Phi) is 6.26. The van der Waals surface area contributed by atoms with E-state index in [4.69, 9.17) is 5.73 Å². The topological polar surface area (TPSA) is 123 Å². The van der Waals surface area contributed by atoms with Gasteiger partial charge in [-0.3, -0.25) is 14.2 Å². The van der Waals surface area contributed by atoms with E-state index in [2.05, 4.69) is 32.7 Å². The quantitative estimate of drug-likeness (QED) is 0.306. The number of anilines is 1. The van der Waals surface area contributed by atoms with Gasteiger partial charge in [0.15, 0.2) is 11.5 Å². The molecule has 4 N–H and O–H groups in total. The fraction of sp³-hybridized carbons (Fsp3) is 0.133. The highest BCUT2D eigenvalue weighted by Gasteiger charge is 2.24. The van der Waals surface area contributed by atoms with Gasteiger partial charge in [-0.2, -0.15) is 0 Å². The van der Waals surface area contributed by atoms with Crippen molar-refractivity contribution >= 4 is 28.1 Å². The summed E-state index contributed by atoms with van der Waals surface area (Å²) in [5.74, 6) is 5.99. The minimum atomic E-state index is -0.569. The van der Waals surface area contributed by atoms with Crippen LogP contribution in [0.15, 0.2) is 89.6 Å². The van der Waals surface area contributed by atoms with Crippen LogP contribution in [0.4, 0.5) is 5.82 Å². The van der Waals surface area contributed by atoms with E-state index in [1.165, 1.54) is 4.52 Å². The van der Waals surface area contributed by atoms with Crippen molar-refractivity contribution in [1.29, 1.82) is 0 Å². The number of carbonyl (C=O) groups is 1. The van der Waals surface area contributed by atoms with Crippen molar-refractivity contribution in [3.8, 4) is 17.5 Å². The molecule has 40 heavy (non-hydrogen) atoms. The summed E-state index contributed by atoms with van der Waals surface area (Å²) in [4.78, 5) is 31.9. The molecule has 2 aromatic carbocycles. The second kappa shape index (κ2) is 10.1. The van der Waals surface area contributed by atoms with Crippen molar-refractivity contribution in [2.24, 2.45) is 0 Å². The molecule has 1 atom stereocenters. The summed E-state index contributed by atoms with van der Waals surface area (Å²) < 4.78 is 3.08. The lowest BCUT2D eigenvalue weighted by Gasteiger charge is -2.21. The average molecular weight is 531 g/mol. The molecule has 198 valence electrons. The van der Waals surface area contributed by atoms with E-state index in [9.17, 15) is 9.59 Å². The number of hydrogen-bond donors (Lipinski definition) is 3. The summed E-state index contributed by atoms with van der Waals surface area (Å²) >= 11 is 0. The Morgan fingerprint density at radius 3 is 2.73 bits per heavy atom. The van der Waals surface area contributed by atoms with Crippen molar-refractivity contribution in [2.75, 3.05) is 19.3 Å². The van der Waals surface area contributed by atoms with Crippen LogP contribution in [0.2, 0.25) is 0 Å². The Balaban J connectivity index is 1.47. The number of pyridine rings is 1. The third-order valence-corrected chi connectivity index (χ3v) is 6.84. The third kappa shape index (κ3) is 4.34. The molecule has 5 aromatic rings. The molecule has 0 bridgehead atoms. The SMILES string of the molecule is CC(NC(=O)c1c(N)nn2cccnc12)c1cc2cccc(C#CC3=CCNN3C)c2c(=O)n1-c1ccccc1. The molecule has 0 spiro atoms. The number of nitrogens with zero attached hydrogens (tertiary/aromatic N) is 5. The highest BCUT2D eigenvalue weighted by molar-refractivity contribution is 6.04. The minimum Gasteiger partial charge on any atom is -0.381 e. The second-order valence-electron chi connectivity index (χ2n) is 9.42. The summed E-state index contributed by atoms with van der Waals surface area (Å²) in [7, 11) is 1.90. The average Bonchev–Trinajstić information content (AvgIpc) is 3.53. The number of nitrogens with two attached hydrogens (primary N) is 1. The number of fused-ring (bicyclic) bond motifs is 2. The number of benzene rings is 2. The fourth-order valence-electron chi connectivity index (χ4n) is 4.88. The Hall–Kier alpha value is -5.40. The zero-order chi connectivity index (χ0) is 27.8. The molecular formula is C30H26N8O2. The number of nitrogens with one attached hydrogen (secondary N) is 2. The predicted octanol–water partition coefficient (Wildman–Crippen LogP) is 2.79. The van der Waals surface area contributed by atoms with Gasteiger partial charge in [-0.15, -0.1) is 5.10 Å². The molecule has 0 saturated heterocycles. The molecule has 1 unspecified atom stereocenters. The highest BCUT2D eigenvalue weighted by Crippen LogP contribution is 2.24. The van der Waals surface area contributed by atoms with Gasteiger partial charge in [0.2, 0.25) is 0 Å². The maximum absolute atomic E-state index is 14.2. The summed E-state index contributed by atoms with van der Waals surface area (Å²) in [6.07, 6.45) is 5.24. The lowest BCUT2D eigenvalue weighted by Crippen LogP contribution is -2.32. The van der Waals surface area contributed by atoms with Crippen LogP contribution >= 0.6 is 0 Å². The van der Waals surface area contributed by atoms with Crippen LogP contribution < -0.4 is 22.0 Å². The first-order valence-corrected chi connectivity index (χ1v) is 12.8. The van der Waals surface area contributed by atoms with Gasteiger partial charge in [-0.05, 0) is 54.6 Å². The Labute approximate surface area is 229 Å². The van der Waals surface area contributed by atoms with Gasteiger partial charge in [0.05, 0.1) is 17.1 Å². The second-order valence-corrected chi connectivity index (χ2v) is 9.42. The van der Waals surface area contributed by atoms with Gasteiger partial charge in [0.25, 0.3) is 11.5 Å². The van der Waals surface area contributed by atoms with Crippen molar-refractivity contribution in [3.63, 3.8) is 0 Å². The number of allylic oxidation sites excluding steroid dienone is 1. The molecule has 1 aliphatic heterocycles. The fourth-order valence-corrected chi connectivity index (χ4v) is 4.88. The summed E-state index contributed by atoms with van der Waals surface area (Å²) in [5, 5.41) is 10.3. The molecule has 0 aliphatic carbocycles. The smallest absolute Gasteiger partial charge is 0.264 e. The molecule has 0 fully saturated rings. The molecule has 1 amide bonds. The van der Waals surface area contributed by atoms with E-state index in [0.29, 0.717) is 34.5 Å². The normalized spacial score (nSPS) is 13.7. The van der Waals surface area contributed by atoms with Crippen LogP contribution in [-0.2, 0) is 0 Å². The van der Waals surface area contributed by atoms with Crippen molar-refractivity contribution in [2.45, 2.75) is 13.0 Å². The van der Waals surface area contributed by atoms with Crippen molar-refractivity contribution < 1.29 is 4.79 Å². The van der Waals surface area contributed by atoms with E-state index in [1.807, 2.05) is 79.7 Å². The zero-order valence-electron chi connectivity index (χ0n) is 21.9. The minimum absolute atomic E-state index is 0.0730. The van der Waals surface area contributed by atoms with Gasteiger partial charge >= 0.3 is 0 Å². The van der Waals surface area contributed by atoms with E-state index in [-0.39, 0.29) is 16.9 Å². The Bertz CT molecular complexity index is 1930. The number of nitrogen functional groups attached to an aromatic ring is 1. The van der Waals surface area contributed by atoms with Crippen molar-refractivity contribution in [3.05, 3.63) is 112 Å². The molecule has 10 nitrogen and oxygen atoms in total. The van der Waals surface area contributed by atoms with Crippen LogP contribution in [0, 0.1) is 11.8 Å². The molecular weight excluding hydrogens is 504 g/mol. The number of hydrazine groups is 1. The Morgan fingerprint density at radius 2 is 1.95 bits per heavy atom. The van der Waals surface area contributed by atoms with Gasteiger partial charge in [-0.25, -0.2) is 14.9 Å². The third-order valence-electron chi connectivity index (χ3n) is 6.84. The first-order valence-electron chi connectivity index (χ1n) is 12.8. The Morgan fingerprint density at radius 1 is 1.12 bits per heavy atom. The molecule has 6 rings (SSSR count). The summed E-state index contributed by atoms with van der Waals surface area (Å²) in [5.41, 5.74) is 12.3. The molecule has 4 heterocycles. The number of aromatic nitrogens is 4. The standard InChI is InChI=1S/C30H26N8O2/c1-19(34-29(39)26-27(31)35-37-17-7-15-32-28(26)37)24-18-21-9-6-8-20(12-13-22-14-16-33-36(22)2)25(21)30(40)38(24)23-10-4-3-5-11-23/h3-11,14-15,17-19,33H,16H2,1-2H3,(H2,31,35)(H,34,39). The van der Waals surface area contributed by atoms with E-state index >= 15 is 0 Å². The van der Waals surface area contributed by atoms with Crippen molar-refractivity contribution in [1.82, 2.24) is 34.9 Å². The van der Waals surface area contributed by atoms with Gasteiger partial charge in [0, 0.05) is 42.9 Å². The maximum Gasteiger partial charge on any atom is 0.264 e. The number of rotatable bonds is 4. The van der Waals surface area contributed by atoms with Gasteiger partial charge in [0.1, 0.15) is 5.56 Å². The monoisotopic (exact) mass is 530 g/mol. The molecule has 3 aromatic heterocycles. The van der Waals surface area contributed by atoms with Crippen LogP contribution in [-0.4, -0.2) is 43.7 Å². The van der Waals surface area contributed by atoms with Crippen LogP contribution in [0.1, 0.15) is 34.6 Å². The highest BCUT2D eigenvalue weighted by atomic mass is 16.2. The maximum atomic E-state index is 14.2. The van der Waals surface area contributed by atoms with E-state index in [0.717, 1.165) is 11.1 Å². The molecule has 1 aliphatic rings. The van der Waals surface area contributed by atoms with Gasteiger partial charge in [-0.1, -0.05) is 36.3 Å². The molecule has 0 saturated carbocycles. The van der Waals surface area contributed by atoms with Gasteiger partial charge < -0.3 is 16.1 Å². The summed E-state index contributed by atoms with van der Waals surface area (Å²) in [6, 6.07) is 18.0. The number of carbonyl (C=O) groups excluding carboxylic acids is 1. The van der Waals surface area contributed by atoms with Crippen LogP contribution in [0.5, 0.6) is 0 Å². The first-order chi connectivity index (χ1) is 19.4. The number of para-hydroxylation sites is 1. The molecule has 0 radical (unpaired) electrons. The van der Waals surface area contributed by atoms with E-state index < -0.39 is 11.9 Å². The summed E-state index contributed by atoms with van der Waals surface area (Å²) in [6.45, 7) is 2.53. The molecule has 10 heteroatoms. The van der Waals surface area contributed by atoms with Crippen LogP contribution in [0.3, 0.4) is 0 Å². The lowest BCUT2D eigenvalue weighted by atomic mass is 10.0. The number of hydrogen-bond acceptors (Lipinski definition) is 7. The zero-order valence-corrected chi connectivity index (χ0v) is 21.9. The number of amides is 1. The van der Waals surface area contributed by atoms with Crippen LogP contribution in [0.25, 0.3) is 22.1 Å². The largest absolute Gasteiger partial charge is 0.381 e. The lowest BCUT2D eigenvalue weighted by molar-refractivity contribution is 0.0941. The first kappa shape index (κ1) is 24.9. The predicted molar refractivity (Wildman–Crippen MR) is 154 cm³/mol.